The highest BCUT2D eigenvalue weighted by Gasteiger charge is 2.22. The molecule has 0 aliphatic heterocycles. The number of carboxylic acids is 1. The van der Waals surface area contributed by atoms with Crippen molar-refractivity contribution in [1.29, 1.82) is 0 Å². The number of carboxylic acid groups (broad SMARTS) is 1. The van der Waals surface area contributed by atoms with Gasteiger partial charge < -0.3 is 33.3 Å². The predicted molar refractivity (Wildman–Crippen MR) is 379 cm³/mol. The number of allylic oxidation sites excluding steroid dienone is 26. The van der Waals surface area contributed by atoms with Crippen molar-refractivity contribution in [3.05, 3.63) is 158 Å². The Morgan fingerprint density at radius 2 is 0.607 bits per heavy atom. The monoisotopic (exact) mass is 1230 g/mol. The molecule has 2 atom stereocenters. The van der Waals surface area contributed by atoms with Crippen LogP contribution in [0.5, 0.6) is 0 Å². The average Bonchev–Trinajstić information content (AvgIpc) is 3.71. The summed E-state index contributed by atoms with van der Waals surface area (Å²) in [6, 6.07) is 0. The number of hydrogen-bond acceptors (Lipinski definition) is 8. The van der Waals surface area contributed by atoms with Gasteiger partial charge in [0.15, 0.2) is 12.4 Å². The van der Waals surface area contributed by atoms with Crippen LogP contribution in [0.15, 0.2) is 158 Å². The zero-order valence-corrected chi connectivity index (χ0v) is 57.5. The fraction of sp³-hybridized carbons (Fsp3) is 0.637. The van der Waals surface area contributed by atoms with E-state index in [-0.39, 0.29) is 38.6 Å². The molecular formula is C80H131NO8. The Labute approximate surface area is 546 Å². The third-order valence-corrected chi connectivity index (χ3v) is 14.8. The van der Waals surface area contributed by atoms with Crippen molar-refractivity contribution < 1.29 is 42.9 Å². The van der Waals surface area contributed by atoms with Gasteiger partial charge in [0.25, 0.3) is 0 Å². The topological polar surface area (TPSA) is 111 Å². The van der Waals surface area contributed by atoms with Gasteiger partial charge in [0, 0.05) is 12.8 Å². The first kappa shape index (κ1) is 83.9. The smallest absolute Gasteiger partial charge is 0.306 e. The van der Waals surface area contributed by atoms with E-state index >= 15 is 0 Å². The second kappa shape index (κ2) is 68.8. The van der Waals surface area contributed by atoms with Crippen molar-refractivity contribution in [1.82, 2.24) is 0 Å². The first-order valence-electron chi connectivity index (χ1n) is 35.6. The maximum absolute atomic E-state index is 12.9. The molecule has 0 amide bonds. The number of esters is 2. The van der Waals surface area contributed by atoms with E-state index < -0.39 is 24.3 Å². The SMILES string of the molecule is CC/C=C\C/C=C\C/C=C\C/C=C\C/C=C\C/C=C\C/C=C\C/C=C\CCCCCCC(=O)OC(COC(=O)CCCCCCCCCCCCCCCCCCCCC/C=C\C/C=C\C/C=C\C/C=C\C/C=C\CC)COC(OCC[N+](C)(C)C)C(=O)[O-]. The Balaban J connectivity index is 4.17. The third-order valence-electron chi connectivity index (χ3n) is 14.8. The minimum atomic E-state index is -1.64. The Bertz CT molecular complexity index is 2020. The molecular weight excluding hydrogens is 1100 g/mol. The first-order chi connectivity index (χ1) is 43.6. The summed E-state index contributed by atoms with van der Waals surface area (Å²) in [5, 5.41) is 11.8. The van der Waals surface area contributed by atoms with E-state index in [9.17, 15) is 19.5 Å². The van der Waals surface area contributed by atoms with Gasteiger partial charge in [-0.05, 0) is 122 Å². The van der Waals surface area contributed by atoms with Crippen molar-refractivity contribution in [2.45, 2.75) is 283 Å². The largest absolute Gasteiger partial charge is 0.545 e. The predicted octanol–water partition coefficient (Wildman–Crippen LogP) is 21.1. The van der Waals surface area contributed by atoms with Gasteiger partial charge in [-0.25, -0.2) is 0 Å². The molecule has 504 valence electrons. The van der Waals surface area contributed by atoms with Gasteiger partial charge in [-0.1, -0.05) is 294 Å². The van der Waals surface area contributed by atoms with Crippen molar-refractivity contribution in [3.8, 4) is 0 Å². The minimum absolute atomic E-state index is 0.135. The van der Waals surface area contributed by atoms with Crippen molar-refractivity contribution in [2.75, 3.05) is 47.5 Å². The van der Waals surface area contributed by atoms with E-state index in [0.717, 1.165) is 128 Å². The Kier molecular flexibility index (Phi) is 64.9. The van der Waals surface area contributed by atoms with Gasteiger partial charge in [0.2, 0.25) is 0 Å². The number of carbonyl (C=O) groups is 3. The summed E-state index contributed by atoms with van der Waals surface area (Å²) < 4.78 is 22.8. The average molecular weight is 1230 g/mol. The normalized spacial score (nSPS) is 13.7. The second-order valence-electron chi connectivity index (χ2n) is 24.4. The van der Waals surface area contributed by atoms with Gasteiger partial charge >= 0.3 is 11.9 Å². The van der Waals surface area contributed by atoms with Crippen LogP contribution < -0.4 is 5.11 Å². The molecule has 0 aromatic carbocycles. The van der Waals surface area contributed by atoms with Crippen LogP contribution in [0.25, 0.3) is 0 Å². The maximum Gasteiger partial charge on any atom is 0.306 e. The summed E-state index contributed by atoms with van der Waals surface area (Å²) in [7, 11) is 5.91. The lowest BCUT2D eigenvalue weighted by Gasteiger charge is -2.26. The molecule has 0 N–H and O–H groups in total. The van der Waals surface area contributed by atoms with Gasteiger partial charge in [-0.2, -0.15) is 0 Å². The fourth-order valence-electron chi connectivity index (χ4n) is 9.40. The molecule has 9 heteroatoms. The molecule has 0 heterocycles. The van der Waals surface area contributed by atoms with E-state index in [2.05, 4.69) is 172 Å². The zero-order chi connectivity index (χ0) is 64.7. The van der Waals surface area contributed by atoms with Crippen LogP contribution in [0.2, 0.25) is 0 Å². The third kappa shape index (κ3) is 70.2. The van der Waals surface area contributed by atoms with E-state index in [1.807, 2.05) is 21.1 Å². The number of nitrogens with zero attached hydrogens (tertiary/aromatic N) is 1. The van der Waals surface area contributed by atoms with Crippen LogP contribution in [-0.2, 0) is 33.3 Å². The highest BCUT2D eigenvalue weighted by atomic mass is 16.7. The zero-order valence-electron chi connectivity index (χ0n) is 57.5. The van der Waals surface area contributed by atoms with E-state index in [1.54, 1.807) is 0 Å². The molecule has 0 saturated heterocycles. The van der Waals surface area contributed by atoms with E-state index in [0.29, 0.717) is 17.4 Å². The summed E-state index contributed by atoms with van der Waals surface area (Å²) in [6.07, 6.45) is 99.0. The van der Waals surface area contributed by atoms with Crippen molar-refractivity contribution in [3.63, 3.8) is 0 Å². The number of carbonyl (C=O) groups excluding carboxylic acids is 3. The van der Waals surface area contributed by atoms with Crippen molar-refractivity contribution in [2.24, 2.45) is 0 Å². The standard InChI is InChI=1S/C80H131NO8/c1-6-8-10-12-14-16-18-20-22-24-26-28-30-32-34-36-37-38-39-40-41-43-44-46-48-50-52-54-56-58-60-62-64-66-68-70-77(82)87-74-76(75-88-80(79(84)85)86-73-72-81(3,4)5)89-78(83)71-69-67-65-63-61-59-57-55-53-51-49-47-45-42-35-33-31-29-27-25-23-21-19-17-15-13-11-9-7-2/h8-11,14-17,20-23,26-29,32-35,45,47,51,53,57,59,76,80H,6-7,12-13,18-19,24-25,30-31,36-44,46,48-50,52,54-56,58,60-75H2,1-5H3/b10-8-,11-9-,16-14-,17-15-,22-20-,23-21-,28-26-,29-27-,34-32-,35-33-,47-45-,53-51-,59-57-. The lowest BCUT2D eigenvalue weighted by molar-refractivity contribution is -0.870. The molecule has 89 heavy (non-hydrogen) atoms. The van der Waals surface area contributed by atoms with Crippen LogP contribution >= 0.6 is 0 Å². The molecule has 0 aliphatic carbocycles. The number of rotatable bonds is 64. The molecule has 0 aromatic heterocycles. The number of ether oxygens (including phenoxy) is 4. The number of likely N-dealkylation sites (N-methyl/N-ethyl adjacent to an activating group) is 1. The molecule has 0 aliphatic rings. The molecule has 2 unspecified atom stereocenters. The van der Waals surface area contributed by atoms with Crippen LogP contribution in [0, 0.1) is 0 Å². The first-order valence-corrected chi connectivity index (χ1v) is 35.6. The Morgan fingerprint density at radius 3 is 0.899 bits per heavy atom. The van der Waals surface area contributed by atoms with Crippen LogP contribution in [0.3, 0.4) is 0 Å². The quantitative estimate of drug-likeness (QED) is 0.0195. The van der Waals surface area contributed by atoms with E-state index in [1.165, 1.54) is 109 Å². The van der Waals surface area contributed by atoms with Gasteiger partial charge in [-0.3, -0.25) is 9.59 Å². The number of unbranched alkanes of at least 4 members (excludes halogenated alkanes) is 23. The van der Waals surface area contributed by atoms with Crippen molar-refractivity contribution >= 4 is 17.9 Å². The highest BCUT2D eigenvalue weighted by molar-refractivity contribution is 5.70. The van der Waals surface area contributed by atoms with Gasteiger partial charge in [-0.15, -0.1) is 0 Å². The maximum atomic E-state index is 12.9. The highest BCUT2D eigenvalue weighted by Crippen LogP contribution is 2.17. The molecule has 9 nitrogen and oxygen atoms in total. The van der Waals surface area contributed by atoms with Crippen LogP contribution in [0.1, 0.15) is 271 Å². The Morgan fingerprint density at radius 1 is 0.337 bits per heavy atom. The molecule has 0 bridgehead atoms. The fourth-order valence-corrected chi connectivity index (χ4v) is 9.40. The molecule has 0 radical (unpaired) electrons. The summed E-state index contributed by atoms with van der Waals surface area (Å²) in [5.41, 5.74) is 0. The molecule has 0 rings (SSSR count). The Hall–Kier alpha value is -5.09. The lowest BCUT2D eigenvalue weighted by Crippen LogP contribution is -2.44. The summed E-state index contributed by atoms with van der Waals surface area (Å²) in [4.78, 5) is 37.5. The molecule has 0 saturated carbocycles. The second-order valence-corrected chi connectivity index (χ2v) is 24.4. The van der Waals surface area contributed by atoms with Crippen LogP contribution in [-0.4, -0.2) is 82.3 Å². The molecule has 0 aromatic rings. The minimum Gasteiger partial charge on any atom is -0.545 e. The van der Waals surface area contributed by atoms with E-state index in [4.69, 9.17) is 18.9 Å². The summed E-state index contributed by atoms with van der Waals surface area (Å²) in [6.45, 7) is 4.49. The van der Waals surface area contributed by atoms with Gasteiger partial charge in [0.05, 0.1) is 40.3 Å². The summed E-state index contributed by atoms with van der Waals surface area (Å²) >= 11 is 0. The molecule has 0 spiro atoms. The number of hydrogen-bond donors (Lipinski definition) is 0. The number of aliphatic carboxylic acids is 1. The molecule has 0 fully saturated rings. The number of quaternary nitrogens is 1. The lowest BCUT2D eigenvalue weighted by atomic mass is 10.0. The summed E-state index contributed by atoms with van der Waals surface area (Å²) in [5.74, 6) is -2.32. The van der Waals surface area contributed by atoms with Gasteiger partial charge in [0.1, 0.15) is 13.2 Å². The van der Waals surface area contributed by atoms with Crippen LogP contribution in [0.4, 0.5) is 0 Å².